The van der Waals surface area contributed by atoms with E-state index in [0.29, 0.717) is 12.2 Å². The van der Waals surface area contributed by atoms with Gasteiger partial charge in [-0.05, 0) is 32.3 Å². The lowest BCUT2D eigenvalue weighted by molar-refractivity contribution is -0.141. The molecule has 0 unspecified atom stereocenters. The molecule has 0 radical (unpaired) electrons. The number of aliphatic carboxylic acids is 1. The van der Waals surface area contributed by atoms with Crippen LogP contribution in [0.4, 0.5) is 0 Å². The first-order valence-electron chi connectivity index (χ1n) is 4.64. The Balaban J connectivity index is 4.22. The summed E-state index contributed by atoms with van der Waals surface area (Å²) in [6.45, 7) is 3.58. The van der Waals surface area contributed by atoms with Crippen LogP contribution in [0.1, 0.15) is 20.3 Å². The Morgan fingerprint density at radius 3 is 2.47 bits per heavy atom. The molecule has 0 aromatic rings. The quantitative estimate of drug-likeness (QED) is 0.676. The molecule has 5 heteroatoms. The van der Waals surface area contributed by atoms with E-state index >= 15 is 0 Å². The molecule has 1 atom stereocenters. The topological polar surface area (TPSA) is 66.4 Å². The number of thioether (sulfide) groups is 1. The second kappa shape index (κ2) is 7.34. The number of hydrogen-bond acceptors (Lipinski definition) is 3. The van der Waals surface area contributed by atoms with Crippen molar-refractivity contribution in [2.45, 2.75) is 26.3 Å². The summed E-state index contributed by atoms with van der Waals surface area (Å²) in [4.78, 5) is 22.1. The monoisotopic (exact) mass is 231 g/mol. The maximum absolute atomic E-state index is 11.3. The number of carbonyl (C=O) groups excluding carboxylic acids is 1. The zero-order chi connectivity index (χ0) is 11.8. The van der Waals surface area contributed by atoms with E-state index in [1.54, 1.807) is 25.6 Å². The predicted octanol–water partition coefficient (Wildman–Crippen LogP) is 1.28. The van der Waals surface area contributed by atoms with Crippen LogP contribution < -0.4 is 5.32 Å². The third-order valence-corrected chi connectivity index (χ3v) is 2.29. The first-order chi connectivity index (χ1) is 6.97. The van der Waals surface area contributed by atoms with Gasteiger partial charge in [-0.25, -0.2) is 4.79 Å². The van der Waals surface area contributed by atoms with Crippen molar-refractivity contribution in [3.8, 4) is 0 Å². The number of hydrogen-bond donors (Lipinski definition) is 2. The number of amides is 1. The normalized spacial score (nSPS) is 11.7. The lowest BCUT2D eigenvalue weighted by Crippen LogP contribution is -2.40. The van der Waals surface area contributed by atoms with Crippen molar-refractivity contribution in [1.29, 1.82) is 0 Å². The van der Waals surface area contributed by atoms with E-state index in [-0.39, 0.29) is 5.91 Å². The highest BCUT2D eigenvalue weighted by molar-refractivity contribution is 7.98. The third-order valence-electron chi connectivity index (χ3n) is 1.65. The summed E-state index contributed by atoms with van der Waals surface area (Å²) in [5.41, 5.74) is 0.849. The molecular formula is C10H17NO3S. The van der Waals surface area contributed by atoms with Gasteiger partial charge in [-0.2, -0.15) is 11.8 Å². The van der Waals surface area contributed by atoms with Gasteiger partial charge in [0.1, 0.15) is 6.04 Å². The van der Waals surface area contributed by atoms with E-state index < -0.39 is 12.0 Å². The van der Waals surface area contributed by atoms with Gasteiger partial charge in [-0.15, -0.1) is 0 Å². The number of rotatable bonds is 6. The van der Waals surface area contributed by atoms with Crippen molar-refractivity contribution in [2.24, 2.45) is 0 Å². The average Bonchev–Trinajstić information content (AvgIpc) is 2.10. The Morgan fingerprint density at radius 2 is 2.07 bits per heavy atom. The van der Waals surface area contributed by atoms with Crippen LogP contribution in [0.15, 0.2) is 11.6 Å². The molecule has 86 valence electrons. The summed E-state index contributed by atoms with van der Waals surface area (Å²) < 4.78 is 0. The van der Waals surface area contributed by atoms with E-state index in [2.05, 4.69) is 5.32 Å². The molecule has 0 aliphatic heterocycles. The van der Waals surface area contributed by atoms with Gasteiger partial charge >= 0.3 is 5.97 Å². The lowest BCUT2D eigenvalue weighted by atomic mass is 10.2. The van der Waals surface area contributed by atoms with Crippen molar-refractivity contribution in [3.05, 3.63) is 11.6 Å². The standard InChI is InChI=1S/C10H17NO3S/c1-7(2)6-9(12)11-8(10(13)14)4-5-15-3/h6,8H,4-5H2,1-3H3,(H,11,12)(H,13,14)/t8-/m0/s1. The SMILES string of the molecule is CSCC[C@H](NC(=O)C=C(C)C)C(=O)O. The van der Waals surface area contributed by atoms with E-state index in [0.717, 1.165) is 5.57 Å². The van der Waals surface area contributed by atoms with Crippen LogP contribution in [0.2, 0.25) is 0 Å². The molecular weight excluding hydrogens is 214 g/mol. The van der Waals surface area contributed by atoms with Crippen molar-refractivity contribution in [1.82, 2.24) is 5.32 Å². The van der Waals surface area contributed by atoms with Crippen molar-refractivity contribution >= 4 is 23.6 Å². The first kappa shape index (κ1) is 14.0. The fraction of sp³-hybridized carbons (Fsp3) is 0.600. The Bertz CT molecular complexity index is 259. The predicted molar refractivity (Wildman–Crippen MR) is 62.0 cm³/mol. The number of allylic oxidation sites excluding steroid dienone is 1. The molecule has 0 heterocycles. The molecule has 0 saturated heterocycles. The summed E-state index contributed by atoms with van der Waals surface area (Å²) in [5, 5.41) is 11.3. The maximum atomic E-state index is 11.3. The number of carboxylic acid groups (broad SMARTS) is 1. The van der Waals surface area contributed by atoms with Gasteiger partial charge in [0.15, 0.2) is 0 Å². The van der Waals surface area contributed by atoms with E-state index in [9.17, 15) is 9.59 Å². The average molecular weight is 231 g/mol. The fourth-order valence-corrected chi connectivity index (χ4v) is 1.44. The zero-order valence-corrected chi connectivity index (χ0v) is 10.1. The van der Waals surface area contributed by atoms with Crippen LogP contribution in [-0.2, 0) is 9.59 Å². The molecule has 0 fully saturated rings. The Kier molecular flexibility index (Phi) is 6.86. The first-order valence-corrected chi connectivity index (χ1v) is 6.04. The summed E-state index contributed by atoms with van der Waals surface area (Å²) in [6, 6.07) is -0.791. The Morgan fingerprint density at radius 1 is 1.47 bits per heavy atom. The molecule has 0 rings (SSSR count). The van der Waals surface area contributed by atoms with Gasteiger partial charge in [0.05, 0.1) is 0 Å². The van der Waals surface area contributed by atoms with Gasteiger partial charge in [-0.1, -0.05) is 5.57 Å². The van der Waals surface area contributed by atoms with Crippen LogP contribution in [0.25, 0.3) is 0 Å². The van der Waals surface area contributed by atoms with Gasteiger partial charge in [0, 0.05) is 6.08 Å². The molecule has 0 aliphatic carbocycles. The lowest BCUT2D eigenvalue weighted by Gasteiger charge is -2.12. The van der Waals surface area contributed by atoms with Gasteiger partial charge in [-0.3, -0.25) is 4.79 Å². The van der Waals surface area contributed by atoms with E-state index in [1.807, 2.05) is 6.26 Å². The summed E-state index contributed by atoms with van der Waals surface area (Å²) in [6.07, 6.45) is 3.74. The van der Waals surface area contributed by atoms with E-state index in [1.165, 1.54) is 6.08 Å². The molecule has 1 amide bonds. The number of carboxylic acids is 1. The molecule has 0 saturated carbocycles. The van der Waals surface area contributed by atoms with Crippen molar-refractivity contribution < 1.29 is 14.7 Å². The summed E-state index contributed by atoms with van der Waals surface area (Å²) >= 11 is 1.56. The number of carbonyl (C=O) groups is 2. The second-order valence-corrected chi connectivity index (χ2v) is 4.39. The molecule has 0 aromatic heterocycles. The van der Waals surface area contributed by atoms with Crippen LogP contribution >= 0.6 is 11.8 Å². The summed E-state index contributed by atoms with van der Waals surface area (Å²) in [5.74, 6) is -0.616. The molecule has 0 aromatic carbocycles. The summed E-state index contributed by atoms with van der Waals surface area (Å²) in [7, 11) is 0. The minimum Gasteiger partial charge on any atom is -0.480 e. The van der Waals surface area contributed by atoms with Gasteiger partial charge in [0.25, 0.3) is 0 Å². The minimum atomic E-state index is -0.987. The van der Waals surface area contributed by atoms with Crippen molar-refractivity contribution in [3.63, 3.8) is 0 Å². The van der Waals surface area contributed by atoms with Crippen LogP contribution in [0.5, 0.6) is 0 Å². The highest BCUT2D eigenvalue weighted by atomic mass is 32.2. The molecule has 0 spiro atoms. The fourth-order valence-electron chi connectivity index (χ4n) is 0.969. The van der Waals surface area contributed by atoms with Gasteiger partial charge in [0.2, 0.25) is 5.91 Å². The highest BCUT2D eigenvalue weighted by Crippen LogP contribution is 2.01. The third kappa shape index (κ3) is 7.02. The second-order valence-electron chi connectivity index (χ2n) is 3.40. The molecule has 0 aliphatic rings. The van der Waals surface area contributed by atoms with Crippen molar-refractivity contribution in [2.75, 3.05) is 12.0 Å². The molecule has 15 heavy (non-hydrogen) atoms. The minimum absolute atomic E-state index is 0.344. The Hall–Kier alpha value is -0.970. The van der Waals surface area contributed by atoms with Gasteiger partial charge < -0.3 is 10.4 Å². The van der Waals surface area contributed by atoms with Crippen LogP contribution in [-0.4, -0.2) is 35.0 Å². The number of nitrogens with one attached hydrogen (secondary N) is 1. The molecule has 2 N–H and O–H groups in total. The zero-order valence-electron chi connectivity index (χ0n) is 9.24. The largest absolute Gasteiger partial charge is 0.480 e. The molecule has 0 bridgehead atoms. The van der Waals surface area contributed by atoms with E-state index in [4.69, 9.17) is 5.11 Å². The smallest absolute Gasteiger partial charge is 0.326 e. The van der Waals surface area contributed by atoms with Crippen LogP contribution in [0, 0.1) is 0 Å². The maximum Gasteiger partial charge on any atom is 0.326 e. The highest BCUT2D eigenvalue weighted by Gasteiger charge is 2.17. The molecule has 4 nitrogen and oxygen atoms in total. The Labute approximate surface area is 94.1 Å². The van der Waals surface area contributed by atoms with Crippen LogP contribution in [0.3, 0.4) is 0 Å².